The molecule has 0 spiro atoms. The third-order valence-electron chi connectivity index (χ3n) is 3.98. The molecule has 1 amide bonds. The number of hydrogen-bond donors (Lipinski definition) is 2. The molecule has 0 aromatic rings. The maximum Gasteiger partial charge on any atom is 0.248 e. The highest BCUT2D eigenvalue weighted by molar-refractivity contribution is 5.79. The number of rotatable bonds is 2. The number of hydrogen-bond acceptors (Lipinski definition) is 2. The van der Waals surface area contributed by atoms with Gasteiger partial charge in [0.15, 0.2) is 0 Å². The van der Waals surface area contributed by atoms with Gasteiger partial charge in [0.05, 0.1) is 0 Å². The summed E-state index contributed by atoms with van der Waals surface area (Å²) < 4.78 is 25.9. The Kier molecular flexibility index (Phi) is 3.66. The van der Waals surface area contributed by atoms with E-state index in [1.54, 1.807) is 0 Å². The fraction of sp³-hybridized carbons (Fsp3) is 0.917. The van der Waals surface area contributed by atoms with Crippen molar-refractivity contribution in [1.29, 1.82) is 0 Å². The van der Waals surface area contributed by atoms with Crippen LogP contribution in [-0.4, -0.2) is 23.9 Å². The molecule has 3 N–H and O–H groups in total. The molecule has 0 saturated heterocycles. The number of amides is 1. The molecular weight excluding hydrogens is 226 g/mol. The Morgan fingerprint density at radius 3 is 2.35 bits per heavy atom. The Labute approximate surface area is 100 Å². The molecule has 0 aliphatic heterocycles. The summed E-state index contributed by atoms with van der Waals surface area (Å²) in [5.41, 5.74) is 5.87. The minimum atomic E-state index is -2.57. The maximum atomic E-state index is 13.0. The molecule has 98 valence electrons. The number of nitrogens with two attached hydrogens (primary N) is 1. The molecule has 0 bridgehead atoms. The van der Waals surface area contributed by atoms with Gasteiger partial charge in [-0.2, -0.15) is 0 Å². The van der Waals surface area contributed by atoms with Crippen LogP contribution >= 0.6 is 0 Å². The van der Waals surface area contributed by atoms with E-state index in [0.717, 1.165) is 19.3 Å². The normalized spacial score (nSPS) is 33.6. The van der Waals surface area contributed by atoms with Gasteiger partial charge in [-0.15, -0.1) is 0 Å². The van der Waals surface area contributed by atoms with E-state index in [9.17, 15) is 13.6 Å². The molecule has 2 aliphatic rings. The zero-order chi connectivity index (χ0) is 12.5. The quantitative estimate of drug-likeness (QED) is 0.780. The standard InChI is InChI=1S/C12H20F2N2O/c13-12(14)6-4-8(5-7-12)11(17)16-10-3-1-2-9(10)15/h8-10H,1-7,15H2,(H,16,17). The molecule has 2 rings (SSSR count). The average molecular weight is 246 g/mol. The monoisotopic (exact) mass is 246 g/mol. The number of nitrogens with one attached hydrogen (secondary N) is 1. The lowest BCUT2D eigenvalue weighted by molar-refractivity contribution is -0.129. The molecule has 2 fully saturated rings. The third kappa shape index (κ3) is 3.15. The van der Waals surface area contributed by atoms with Crippen molar-refractivity contribution >= 4 is 5.91 Å². The van der Waals surface area contributed by atoms with Gasteiger partial charge in [0.25, 0.3) is 0 Å². The molecule has 2 aliphatic carbocycles. The first kappa shape index (κ1) is 12.7. The highest BCUT2D eigenvalue weighted by Gasteiger charge is 2.38. The summed E-state index contributed by atoms with van der Waals surface area (Å²) in [6.45, 7) is 0. The lowest BCUT2D eigenvalue weighted by Gasteiger charge is -2.29. The molecule has 2 unspecified atom stereocenters. The largest absolute Gasteiger partial charge is 0.352 e. The van der Waals surface area contributed by atoms with E-state index < -0.39 is 5.92 Å². The lowest BCUT2D eigenvalue weighted by Crippen LogP contribution is -2.47. The summed E-state index contributed by atoms with van der Waals surface area (Å²) in [7, 11) is 0. The van der Waals surface area contributed by atoms with Gasteiger partial charge in [-0.25, -0.2) is 8.78 Å². The molecule has 2 atom stereocenters. The van der Waals surface area contributed by atoms with Gasteiger partial charge in [0, 0.05) is 30.8 Å². The van der Waals surface area contributed by atoms with Gasteiger partial charge in [-0.05, 0) is 32.1 Å². The van der Waals surface area contributed by atoms with Crippen molar-refractivity contribution in [3.05, 3.63) is 0 Å². The van der Waals surface area contributed by atoms with Crippen LogP contribution in [0.5, 0.6) is 0 Å². The van der Waals surface area contributed by atoms with Crippen LogP contribution in [0.3, 0.4) is 0 Å². The predicted molar refractivity (Wildman–Crippen MR) is 60.7 cm³/mol. The van der Waals surface area contributed by atoms with Crippen LogP contribution in [0.25, 0.3) is 0 Å². The van der Waals surface area contributed by atoms with Crippen LogP contribution in [0.1, 0.15) is 44.9 Å². The summed E-state index contributed by atoms with van der Waals surface area (Å²) in [4.78, 5) is 11.9. The number of carbonyl (C=O) groups is 1. The van der Waals surface area contributed by atoms with Crippen molar-refractivity contribution in [2.75, 3.05) is 0 Å². The molecule has 0 heterocycles. The van der Waals surface area contributed by atoms with Crippen molar-refractivity contribution < 1.29 is 13.6 Å². The fourth-order valence-electron chi connectivity index (χ4n) is 2.77. The topological polar surface area (TPSA) is 55.1 Å². The first-order chi connectivity index (χ1) is 7.98. The second-order valence-corrected chi connectivity index (χ2v) is 5.34. The van der Waals surface area contributed by atoms with E-state index in [4.69, 9.17) is 5.73 Å². The van der Waals surface area contributed by atoms with E-state index in [1.165, 1.54) is 0 Å². The van der Waals surface area contributed by atoms with E-state index in [1.807, 2.05) is 0 Å². The maximum absolute atomic E-state index is 13.0. The van der Waals surface area contributed by atoms with Crippen LogP contribution < -0.4 is 11.1 Å². The number of carbonyl (C=O) groups excluding carboxylic acids is 1. The van der Waals surface area contributed by atoms with Crippen molar-refractivity contribution in [2.45, 2.75) is 63.0 Å². The minimum absolute atomic E-state index is 0.0315. The highest BCUT2D eigenvalue weighted by atomic mass is 19.3. The summed E-state index contributed by atoms with van der Waals surface area (Å²) in [6, 6.07) is 0.0777. The molecule has 17 heavy (non-hydrogen) atoms. The second-order valence-electron chi connectivity index (χ2n) is 5.34. The predicted octanol–water partition coefficient (Wildman–Crippen LogP) is 1.81. The SMILES string of the molecule is NC1CCCC1NC(=O)C1CCC(F)(F)CC1. The second kappa shape index (κ2) is 4.88. The summed E-state index contributed by atoms with van der Waals surface area (Å²) in [6.07, 6.45) is 3.14. The van der Waals surface area contributed by atoms with Gasteiger partial charge in [0.2, 0.25) is 11.8 Å². The summed E-state index contributed by atoms with van der Waals surface area (Å²) in [5.74, 6) is -2.90. The summed E-state index contributed by atoms with van der Waals surface area (Å²) >= 11 is 0. The molecule has 0 aromatic heterocycles. The molecular formula is C12H20F2N2O. The van der Waals surface area contributed by atoms with Crippen LogP contribution in [0.2, 0.25) is 0 Å². The first-order valence-electron chi connectivity index (χ1n) is 6.42. The van der Waals surface area contributed by atoms with E-state index >= 15 is 0 Å². The van der Waals surface area contributed by atoms with Gasteiger partial charge in [-0.3, -0.25) is 4.79 Å². The first-order valence-corrected chi connectivity index (χ1v) is 6.42. The molecule has 3 nitrogen and oxygen atoms in total. The zero-order valence-corrected chi connectivity index (χ0v) is 9.92. The third-order valence-corrected chi connectivity index (χ3v) is 3.98. The van der Waals surface area contributed by atoms with Crippen molar-refractivity contribution in [3.63, 3.8) is 0 Å². The van der Waals surface area contributed by atoms with Gasteiger partial charge >= 0.3 is 0 Å². The van der Waals surface area contributed by atoms with Crippen LogP contribution in [-0.2, 0) is 4.79 Å². The minimum Gasteiger partial charge on any atom is -0.352 e. The fourth-order valence-corrected chi connectivity index (χ4v) is 2.77. The molecule has 5 heteroatoms. The van der Waals surface area contributed by atoms with E-state index in [-0.39, 0.29) is 36.8 Å². The Morgan fingerprint density at radius 2 is 1.82 bits per heavy atom. The summed E-state index contributed by atoms with van der Waals surface area (Å²) in [5, 5.41) is 2.92. The molecule has 0 radical (unpaired) electrons. The zero-order valence-electron chi connectivity index (χ0n) is 9.92. The van der Waals surface area contributed by atoms with Gasteiger partial charge < -0.3 is 11.1 Å². The van der Waals surface area contributed by atoms with Gasteiger partial charge in [-0.1, -0.05) is 0 Å². The number of alkyl halides is 2. The Balaban J connectivity index is 1.81. The smallest absolute Gasteiger partial charge is 0.248 e. The average Bonchev–Trinajstić information content (AvgIpc) is 2.64. The Hall–Kier alpha value is -0.710. The van der Waals surface area contributed by atoms with E-state index in [2.05, 4.69) is 5.32 Å². The molecule has 0 aromatic carbocycles. The number of halogens is 2. The highest BCUT2D eigenvalue weighted by Crippen LogP contribution is 2.36. The van der Waals surface area contributed by atoms with Crippen LogP contribution in [0, 0.1) is 5.92 Å². The lowest BCUT2D eigenvalue weighted by atomic mass is 9.86. The Bertz CT molecular complexity index is 286. The van der Waals surface area contributed by atoms with Crippen molar-refractivity contribution in [2.24, 2.45) is 11.7 Å². The van der Waals surface area contributed by atoms with Crippen LogP contribution in [0.15, 0.2) is 0 Å². The molecule has 2 saturated carbocycles. The van der Waals surface area contributed by atoms with Crippen molar-refractivity contribution in [3.8, 4) is 0 Å². The van der Waals surface area contributed by atoms with E-state index in [0.29, 0.717) is 12.8 Å². The van der Waals surface area contributed by atoms with Gasteiger partial charge in [0.1, 0.15) is 0 Å². The Morgan fingerprint density at radius 1 is 1.18 bits per heavy atom. The van der Waals surface area contributed by atoms with Crippen molar-refractivity contribution in [1.82, 2.24) is 5.32 Å². The van der Waals surface area contributed by atoms with Crippen LogP contribution in [0.4, 0.5) is 8.78 Å².